The third-order valence-corrected chi connectivity index (χ3v) is 1.16. The first-order valence-electron chi connectivity index (χ1n) is 3.10. The van der Waals surface area contributed by atoms with Crippen molar-refractivity contribution in [1.82, 2.24) is 0 Å². The smallest absolute Gasteiger partial charge is 0.171 e. The van der Waals surface area contributed by atoms with Crippen molar-refractivity contribution in [2.75, 3.05) is 0 Å². The summed E-state index contributed by atoms with van der Waals surface area (Å²) in [5, 5.41) is 0. The van der Waals surface area contributed by atoms with Gasteiger partial charge in [-0.2, -0.15) is 13.2 Å². The maximum Gasteiger partial charge on any atom is 0.393 e. The van der Waals surface area contributed by atoms with Gasteiger partial charge in [-0.3, -0.25) is 0 Å². The minimum Gasteiger partial charge on any atom is -0.171 e. The van der Waals surface area contributed by atoms with E-state index in [9.17, 15) is 13.2 Å². The van der Waals surface area contributed by atoms with Crippen LogP contribution in [0.25, 0.3) is 0 Å². The number of halogens is 3. The molecule has 0 unspecified atom stereocenters. The van der Waals surface area contributed by atoms with E-state index in [4.69, 9.17) is 0 Å². The van der Waals surface area contributed by atoms with Crippen molar-refractivity contribution in [2.24, 2.45) is 0 Å². The fourth-order valence-corrected chi connectivity index (χ4v) is 0.756. The zero-order valence-corrected chi connectivity index (χ0v) is 5.65. The summed E-state index contributed by atoms with van der Waals surface area (Å²) < 4.78 is 35.2. The molecule has 0 nitrogen and oxygen atoms in total. The van der Waals surface area contributed by atoms with Crippen LogP contribution in [0, 0.1) is 6.07 Å². The monoisotopic (exact) mass is 159 g/mol. The molecule has 0 saturated carbocycles. The van der Waals surface area contributed by atoms with Crippen molar-refractivity contribution in [2.45, 2.75) is 12.6 Å². The summed E-state index contributed by atoms with van der Waals surface area (Å²) >= 11 is 0. The summed E-state index contributed by atoms with van der Waals surface area (Å²) in [5.41, 5.74) is 0.181. The second-order valence-corrected chi connectivity index (χ2v) is 2.18. The molecule has 0 aliphatic heterocycles. The molecule has 0 spiro atoms. The highest BCUT2D eigenvalue weighted by Crippen LogP contribution is 2.20. The van der Waals surface area contributed by atoms with E-state index >= 15 is 0 Å². The van der Waals surface area contributed by atoms with E-state index in [1.807, 2.05) is 0 Å². The van der Waals surface area contributed by atoms with E-state index in [1.165, 1.54) is 12.1 Å². The van der Waals surface area contributed by atoms with Gasteiger partial charge in [0.05, 0.1) is 6.42 Å². The predicted octanol–water partition coefficient (Wildman–Crippen LogP) is 2.59. The Morgan fingerprint density at radius 1 is 1.27 bits per heavy atom. The Morgan fingerprint density at radius 2 is 2.00 bits per heavy atom. The highest BCUT2D eigenvalue weighted by atomic mass is 19.4. The quantitative estimate of drug-likeness (QED) is 0.590. The molecule has 0 saturated heterocycles. The van der Waals surface area contributed by atoms with Gasteiger partial charge in [0.15, 0.2) is 0 Å². The van der Waals surface area contributed by atoms with Gasteiger partial charge < -0.3 is 0 Å². The zero-order valence-electron chi connectivity index (χ0n) is 5.65. The fraction of sp³-hybridized carbons (Fsp3) is 0.250. The van der Waals surface area contributed by atoms with Crippen LogP contribution >= 0.6 is 0 Å². The number of hydrogen-bond acceptors (Lipinski definition) is 0. The zero-order chi connectivity index (χ0) is 8.32. The summed E-state index contributed by atoms with van der Waals surface area (Å²) in [5.74, 6) is 0. The lowest BCUT2D eigenvalue weighted by atomic mass is 10.1. The molecule has 0 atom stereocenters. The predicted molar refractivity (Wildman–Crippen MR) is 35.0 cm³/mol. The van der Waals surface area contributed by atoms with Gasteiger partial charge in [-0.05, 0) is 11.6 Å². The Kier molecular flexibility index (Phi) is 2.17. The standard InChI is InChI=1S/C8H6F3/c9-8(10,11)6-7-4-2-1-3-5-7/h1-4H,6H2. The Morgan fingerprint density at radius 3 is 2.45 bits per heavy atom. The molecule has 0 N–H and O–H groups in total. The third kappa shape index (κ3) is 3.07. The molecule has 0 aromatic heterocycles. The first kappa shape index (κ1) is 8.11. The Bertz CT molecular complexity index is 213. The molecule has 11 heavy (non-hydrogen) atoms. The lowest BCUT2D eigenvalue weighted by Crippen LogP contribution is -2.11. The Balaban J connectivity index is 2.66. The minimum absolute atomic E-state index is 0.181. The number of hydrogen-bond donors (Lipinski definition) is 0. The Labute approximate surface area is 62.7 Å². The summed E-state index contributed by atoms with van der Waals surface area (Å²) in [6.45, 7) is 0. The van der Waals surface area contributed by atoms with Crippen LogP contribution in [0.2, 0.25) is 0 Å². The van der Waals surface area contributed by atoms with Crippen LogP contribution in [-0.2, 0) is 6.42 Å². The van der Waals surface area contributed by atoms with Gasteiger partial charge in [-0.25, -0.2) is 0 Å². The first-order chi connectivity index (χ1) is 5.08. The number of benzene rings is 1. The van der Waals surface area contributed by atoms with Gasteiger partial charge in [0.2, 0.25) is 0 Å². The normalized spacial score (nSPS) is 11.5. The van der Waals surface area contributed by atoms with Crippen molar-refractivity contribution in [3.63, 3.8) is 0 Å². The molecule has 3 heteroatoms. The molecule has 0 aliphatic rings. The van der Waals surface area contributed by atoms with Crippen LogP contribution in [0.3, 0.4) is 0 Å². The van der Waals surface area contributed by atoms with Gasteiger partial charge in [0.25, 0.3) is 0 Å². The first-order valence-corrected chi connectivity index (χ1v) is 3.10. The van der Waals surface area contributed by atoms with Crippen LogP contribution in [0.5, 0.6) is 0 Å². The second-order valence-electron chi connectivity index (χ2n) is 2.18. The lowest BCUT2D eigenvalue weighted by molar-refractivity contribution is -0.127. The van der Waals surface area contributed by atoms with Crippen LogP contribution < -0.4 is 0 Å². The van der Waals surface area contributed by atoms with E-state index in [2.05, 4.69) is 6.07 Å². The average Bonchev–Trinajstić information content (AvgIpc) is 1.85. The van der Waals surface area contributed by atoms with Gasteiger partial charge >= 0.3 is 6.18 Å². The molecule has 59 valence electrons. The van der Waals surface area contributed by atoms with Crippen molar-refractivity contribution in [3.05, 3.63) is 35.9 Å². The largest absolute Gasteiger partial charge is 0.393 e. The number of rotatable bonds is 1. The minimum atomic E-state index is -4.13. The maximum atomic E-state index is 11.7. The molecule has 1 rings (SSSR count). The molecule has 0 amide bonds. The second kappa shape index (κ2) is 2.95. The molecule has 0 fully saturated rings. The maximum absolute atomic E-state index is 11.7. The molecule has 0 bridgehead atoms. The molecule has 0 heterocycles. The highest BCUT2D eigenvalue weighted by molar-refractivity contribution is 5.13. The van der Waals surface area contributed by atoms with Crippen LogP contribution in [0.4, 0.5) is 13.2 Å². The lowest BCUT2D eigenvalue weighted by Gasteiger charge is -2.04. The SMILES string of the molecule is FC(F)(F)Cc1[c]cccc1. The summed E-state index contributed by atoms with van der Waals surface area (Å²) in [4.78, 5) is 0. The molecule has 1 aromatic carbocycles. The Hall–Kier alpha value is -0.990. The van der Waals surface area contributed by atoms with Crippen LogP contribution in [0.1, 0.15) is 5.56 Å². The van der Waals surface area contributed by atoms with E-state index in [-0.39, 0.29) is 5.56 Å². The van der Waals surface area contributed by atoms with Gasteiger partial charge in [0, 0.05) is 0 Å². The van der Waals surface area contributed by atoms with Crippen molar-refractivity contribution in [3.8, 4) is 0 Å². The van der Waals surface area contributed by atoms with Crippen molar-refractivity contribution in [1.29, 1.82) is 0 Å². The van der Waals surface area contributed by atoms with E-state index in [1.54, 1.807) is 12.1 Å². The van der Waals surface area contributed by atoms with Crippen LogP contribution in [0.15, 0.2) is 24.3 Å². The van der Waals surface area contributed by atoms with E-state index < -0.39 is 12.6 Å². The summed E-state index contributed by atoms with van der Waals surface area (Å²) in [6.07, 6.45) is -5.02. The van der Waals surface area contributed by atoms with Crippen molar-refractivity contribution < 1.29 is 13.2 Å². The summed E-state index contributed by atoms with van der Waals surface area (Å²) in [7, 11) is 0. The van der Waals surface area contributed by atoms with E-state index in [0.29, 0.717) is 0 Å². The van der Waals surface area contributed by atoms with Gasteiger partial charge in [-0.15, -0.1) is 0 Å². The van der Waals surface area contributed by atoms with Crippen LogP contribution in [-0.4, -0.2) is 6.18 Å². The molecule has 0 aliphatic carbocycles. The molecular weight excluding hydrogens is 153 g/mol. The molecule has 1 radical (unpaired) electrons. The van der Waals surface area contributed by atoms with E-state index in [0.717, 1.165) is 0 Å². The van der Waals surface area contributed by atoms with Gasteiger partial charge in [-0.1, -0.05) is 24.3 Å². The summed E-state index contributed by atoms with van der Waals surface area (Å²) in [6, 6.07) is 8.59. The topological polar surface area (TPSA) is 0 Å². The molecular formula is C8H6F3. The van der Waals surface area contributed by atoms with Crippen molar-refractivity contribution >= 4 is 0 Å². The fourth-order valence-electron chi connectivity index (χ4n) is 0.756. The average molecular weight is 159 g/mol. The third-order valence-electron chi connectivity index (χ3n) is 1.16. The number of alkyl halides is 3. The highest BCUT2D eigenvalue weighted by Gasteiger charge is 2.27. The van der Waals surface area contributed by atoms with Gasteiger partial charge in [0.1, 0.15) is 0 Å². The molecule has 1 aromatic rings.